The molecule has 1 saturated carbocycles. The molecule has 2 N–H and O–H groups in total. The molecule has 0 bridgehead atoms. The van der Waals surface area contributed by atoms with Crippen LogP contribution in [-0.4, -0.2) is 16.7 Å². The van der Waals surface area contributed by atoms with Gasteiger partial charge in [-0.15, -0.1) is 0 Å². The SMILES string of the molecule is Cc1cccc(-c2noc(C3(CN)CC3)n2)c1. The molecule has 0 spiro atoms. The van der Waals surface area contributed by atoms with Gasteiger partial charge in [0.25, 0.3) is 0 Å². The third-order valence-corrected chi connectivity index (χ3v) is 3.40. The van der Waals surface area contributed by atoms with Crippen molar-refractivity contribution in [2.45, 2.75) is 25.2 Å². The highest BCUT2D eigenvalue weighted by atomic mass is 16.5. The van der Waals surface area contributed by atoms with Crippen molar-refractivity contribution in [1.29, 1.82) is 0 Å². The zero-order valence-corrected chi connectivity index (χ0v) is 9.81. The van der Waals surface area contributed by atoms with Crippen molar-refractivity contribution in [3.05, 3.63) is 35.7 Å². The van der Waals surface area contributed by atoms with Gasteiger partial charge in [-0.1, -0.05) is 28.9 Å². The number of nitrogens with zero attached hydrogens (tertiary/aromatic N) is 2. The fourth-order valence-electron chi connectivity index (χ4n) is 2.00. The number of aryl methyl sites for hydroxylation is 1. The Balaban J connectivity index is 1.95. The number of aromatic nitrogens is 2. The van der Waals surface area contributed by atoms with Gasteiger partial charge in [0.1, 0.15) is 0 Å². The lowest BCUT2D eigenvalue weighted by Gasteiger charge is -2.03. The summed E-state index contributed by atoms with van der Waals surface area (Å²) >= 11 is 0. The Hall–Kier alpha value is -1.68. The normalized spacial score (nSPS) is 17.1. The van der Waals surface area contributed by atoms with Crippen molar-refractivity contribution in [3.63, 3.8) is 0 Å². The molecule has 0 unspecified atom stereocenters. The summed E-state index contributed by atoms with van der Waals surface area (Å²) in [6.07, 6.45) is 2.11. The zero-order chi connectivity index (χ0) is 11.9. The fraction of sp³-hybridized carbons (Fsp3) is 0.385. The highest BCUT2D eigenvalue weighted by Crippen LogP contribution is 2.46. The van der Waals surface area contributed by atoms with E-state index < -0.39 is 0 Å². The molecular formula is C13H15N3O. The third kappa shape index (κ3) is 1.74. The number of benzene rings is 1. The molecule has 0 saturated heterocycles. The van der Waals surface area contributed by atoms with Gasteiger partial charge in [-0.2, -0.15) is 4.98 Å². The van der Waals surface area contributed by atoms with Crippen LogP contribution >= 0.6 is 0 Å². The Labute approximate surface area is 99.8 Å². The molecule has 4 nitrogen and oxygen atoms in total. The molecular weight excluding hydrogens is 214 g/mol. The van der Waals surface area contributed by atoms with Crippen molar-refractivity contribution in [1.82, 2.24) is 10.1 Å². The van der Waals surface area contributed by atoms with Crippen LogP contribution in [0.15, 0.2) is 28.8 Å². The van der Waals surface area contributed by atoms with E-state index in [-0.39, 0.29) is 5.41 Å². The van der Waals surface area contributed by atoms with Gasteiger partial charge in [0.15, 0.2) is 0 Å². The third-order valence-electron chi connectivity index (χ3n) is 3.40. The van der Waals surface area contributed by atoms with Gasteiger partial charge in [0.05, 0.1) is 5.41 Å². The van der Waals surface area contributed by atoms with Gasteiger partial charge >= 0.3 is 0 Å². The van der Waals surface area contributed by atoms with E-state index in [0.29, 0.717) is 18.3 Å². The maximum atomic E-state index is 5.75. The van der Waals surface area contributed by atoms with Crippen LogP contribution < -0.4 is 5.73 Å². The standard InChI is InChI=1S/C13H15N3O/c1-9-3-2-4-10(7-9)11-15-12(17-16-11)13(8-14)5-6-13/h2-4,7H,5-6,8,14H2,1H3. The lowest BCUT2D eigenvalue weighted by atomic mass is 10.1. The van der Waals surface area contributed by atoms with Gasteiger partial charge < -0.3 is 10.3 Å². The van der Waals surface area contributed by atoms with Crippen LogP contribution in [-0.2, 0) is 5.41 Å². The van der Waals surface area contributed by atoms with Gasteiger partial charge in [-0.3, -0.25) is 0 Å². The van der Waals surface area contributed by atoms with Crippen LogP contribution in [0.5, 0.6) is 0 Å². The second kappa shape index (κ2) is 3.67. The predicted octanol–water partition coefficient (Wildman–Crippen LogP) is 2.04. The van der Waals surface area contributed by atoms with Crippen LogP contribution in [0.2, 0.25) is 0 Å². The van der Waals surface area contributed by atoms with E-state index in [1.807, 2.05) is 25.1 Å². The summed E-state index contributed by atoms with van der Waals surface area (Å²) in [6.45, 7) is 2.63. The molecule has 2 aromatic rings. The average molecular weight is 229 g/mol. The molecule has 1 aromatic carbocycles. The molecule has 1 aromatic heterocycles. The van der Waals surface area contributed by atoms with Gasteiger partial charge in [0.2, 0.25) is 11.7 Å². The minimum Gasteiger partial charge on any atom is -0.338 e. The molecule has 1 aliphatic rings. The van der Waals surface area contributed by atoms with Crippen LogP contribution in [0, 0.1) is 6.92 Å². The summed E-state index contributed by atoms with van der Waals surface area (Å²) in [5.41, 5.74) is 7.89. The molecule has 0 aliphatic heterocycles. The highest BCUT2D eigenvalue weighted by Gasteiger charge is 2.48. The molecule has 0 amide bonds. The van der Waals surface area contributed by atoms with Gasteiger partial charge in [-0.05, 0) is 25.8 Å². The molecule has 17 heavy (non-hydrogen) atoms. The van der Waals surface area contributed by atoms with Crippen LogP contribution in [0.4, 0.5) is 0 Å². The Morgan fingerprint density at radius 1 is 1.41 bits per heavy atom. The van der Waals surface area contributed by atoms with E-state index in [1.54, 1.807) is 0 Å². The maximum Gasteiger partial charge on any atom is 0.234 e. The first-order chi connectivity index (χ1) is 8.23. The number of hydrogen-bond acceptors (Lipinski definition) is 4. The van der Waals surface area contributed by atoms with E-state index >= 15 is 0 Å². The first kappa shape index (κ1) is 10.5. The Bertz CT molecular complexity index is 543. The first-order valence-corrected chi connectivity index (χ1v) is 5.85. The molecule has 1 heterocycles. The van der Waals surface area contributed by atoms with Crippen molar-refractivity contribution in [2.24, 2.45) is 5.73 Å². The number of hydrogen-bond donors (Lipinski definition) is 1. The van der Waals surface area contributed by atoms with Crippen molar-refractivity contribution < 1.29 is 4.52 Å². The van der Waals surface area contributed by atoms with Crippen molar-refractivity contribution >= 4 is 0 Å². The summed E-state index contributed by atoms with van der Waals surface area (Å²) in [4.78, 5) is 4.47. The summed E-state index contributed by atoms with van der Waals surface area (Å²) in [5, 5.41) is 4.04. The van der Waals surface area contributed by atoms with E-state index in [0.717, 1.165) is 18.4 Å². The maximum absolute atomic E-state index is 5.75. The minimum absolute atomic E-state index is 0.0327. The zero-order valence-electron chi connectivity index (χ0n) is 9.81. The quantitative estimate of drug-likeness (QED) is 0.874. The monoisotopic (exact) mass is 229 g/mol. The predicted molar refractivity (Wildman–Crippen MR) is 64.4 cm³/mol. The molecule has 0 atom stereocenters. The summed E-state index contributed by atoms with van der Waals surface area (Å²) in [7, 11) is 0. The van der Waals surface area contributed by atoms with E-state index in [2.05, 4.69) is 16.2 Å². The number of rotatable bonds is 3. The molecule has 88 valence electrons. The van der Waals surface area contributed by atoms with Crippen LogP contribution in [0.1, 0.15) is 24.3 Å². The van der Waals surface area contributed by atoms with E-state index in [9.17, 15) is 0 Å². The Kier molecular flexibility index (Phi) is 2.26. The lowest BCUT2D eigenvalue weighted by Crippen LogP contribution is -2.19. The second-order valence-electron chi connectivity index (χ2n) is 4.78. The Morgan fingerprint density at radius 3 is 2.88 bits per heavy atom. The van der Waals surface area contributed by atoms with E-state index in [1.165, 1.54) is 5.56 Å². The number of nitrogens with two attached hydrogens (primary N) is 1. The summed E-state index contributed by atoms with van der Waals surface area (Å²) < 4.78 is 5.34. The average Bonchev–Trinajstić information content (AvgIpc) is 2.99. The summed E-state index contributed by atoms with van der Waals surface area (Å²) in [5.74, 6) is 1.35. The van der Waals surface area contributed by atoms with Crippen LogP contribution in [0.3, 0.4) is 0 Å². The first-order valence-electron chi connectivity index (χ1n) is 5.85. The summed E-state index contributed by atoms with van der Waals surface area (Å²) in [6, 6.07) is 8.09. The molecule has 0 radical (unpaired) electrons. The lowest BCUT2D eigenvalue weighted by molar-refractivity contribution is 0.347. The molecule has 1 aliphatic carbocycles. The highest BCUT2D eigenvalue weighted by molar-refractivity contribution is 5.55. The second-order valence-corrected chi connectivity index (χ2v) is 4.78. The van der Waals surface area contributed by atoms with Crippen molar-refractivity contribution in [3.8, 4) is 11.4 Å². The van der Waals surface area contributed by atoms with Crippen LogP contribution in [0.25, 0.3) is 11.4 Å². The van der Waals surface area contributed by atoms with Gasteiger partial charge in [0, 0.05) is 12.1 Å². The molecule has 4 heteroatoms. The van der Waals surface area contributed by atoms with Crippen molar-refractivity contribution in [2.75, 3.05) is 6.54 Å². The topological polar surface area (TPSA) is 64.9 Å². The molecule has 1 fully saturated rings. The fourth-order valence-corrected chi connectivity index (χ4v) is 2.00. The minimum atomic E-state index is -0.0327. The smallest absolute Gasteiger partial charge is 0.234 e. The Morgan fingerprint density at radius 2 is 2.24 bits per heavy atom. The molecule has 3 rings (SSSR count). The van der Waals surface area contributed by atoms with Gasteiger partial charge in [-0.25, -0.2) is 0 Å². The largest absolute Gasteiger partial charge is 0.338 e. The van der Waals surface area contributed by atoms with E-state index in [4.69, 9.17) is 10.3 Å².